The molecule has 0 aromatic carbocycles. The Labute approximate surface area is 66.0 Å². The fourth-order valence-electron chi connectivity index (χ4n) is 0.600. The van der Waals surface area contributed by atoms with Gasteiger partial charge in [0.05, 0.1) is 0 Å². The van der Waals surface area contributed by atoms with Gasteiger partial charge in [-0.1, -0.05) is 5.16 Å². The summed E-state index contributed by atoms with van der Waals surface area (Å²) in [5.41, 5.74) is 6.32. The lowest BCUT2D eigenvalue weighted by atomic mass is 10.2. The zero-order valence-electron chi connectivity index (χ0n) is 6.00. The van der Waals surface area contributed by atoms with Crippen LogP contribution in [0, 0.1) is 6.92 Å². The number of aryl methyl sites for hydroxylation is 1. The lowest BCUT2D eigenvalue weighted by molar-refractivity contribution is 0.387. The molecule has 0 radical (unpaired) electrons. The van der Waals surface area contributed by atoms with E-state index < -0.39 is 0 Å². The summed E-state index contributed by atoms with van der Waals surface area (Å²) < 4.78 is 4.80. The van der Waals surface area contributed by atoms with E-state index in [1.165, 1.54) is 0 Å². The Morgan fingerprint density at radius 1 is 1.70 bits per heavy atom. The Kier molecular flexibility index (Phi) is 3.39. The van der Waals surface area contributed by atoms with Crippen molar-refractivity contribution in [2.45, 2.75) is 19.9 Å². The molecule has 0 aliphatic heterocycles. The van der Waals surface area contributed by atoms with Crippen LogP contribution in [-0.4, -0.2) is 5.16 Å². The van der Waals surface area contributed by atoms with Gasteiger partial charge in [0.1, 0.15) is 11.5 Å². The zero-order chi connectivity index (χ0) is 6.85. The number of hydrogen-bond donors (Lipinski definition) is 1. The highest BCUT2D eigenvalue weighted by molar-refractivity contribution is 5.85. The van der Waals surface area contributed by atoms with Crippen LogP contribution < -0.4 is 5.73 Å². The highest BCUT2D eigenvalue weighted by Gasteiger charge is 2.02. The van der Waals surface area contributed by atoms with Crippen LogP contribution in [0.15, 0.2) is 10.6 Å². The van der Waals surface area contributed by atoms with Crippen LogP contribution in [0.4, 0.5) is 0 Å². The normalized spacial score (nSPS) is 12.3. The summed E-state index contributed by atoms with van der Waals surface area (Å²) in [5.74, 6) is 0.808. The third-order valence-electron chi connectivity index (χ3n) is 1.11. The van der Waals surface area contributed by atoms with Gasteiger partial charge in [-0.15, -0.1) is 12.4 Å². The van der Waals surface area contributed by atoms with Crippen molar-refractivity contribution in [3.63, 3.8) is 0 Å². The first-order valence-corrected chi connectivity index (χ1v) is 2.89. The first kappa shape index (κ1) is 9.46. The molecule has 2 N–H and O–H groups in total. The number of nitrogens with zero attached hydrogens (tertiary/aromatic N) is 1. The third-order valence-corrected chi connectivity index (χ3v) is 1.11. The fraction of sp³-hybridized carbons (Fsp3) is 0.500. The van der Waals surface area contributed by atoms with Gasteiger partial charge in [0.25, 0.3) is 0 Å². The van der Waals surface area contributed by atoms with Crippen LogP contribution in [0.1, 0.15) is 24.4 Å². The van der Waals surface area contributed by atoms with Crippen molar-refractivity contribution in [2.75, 3.05) is 0 Å². The van der Waals surface area contributed by atoms with Crippen LogP contribution in [0.2, 0.25) is 0 Å². The number of aromatic nitrogens is 1. The minimum Gasteiger partial charge on any atom is -0.361 e. The molecule has 0 unspecified atom stereocenters. The molecule has 0 aliphatic carbocycles. The molecule has 0 spiro atoms. The molecule has 1 aromatic heterocycles. The largest absolute Gasteiger partial charge is 0.361 e. The van der Waals surface area contributed by atoms with Gasteiger partial charge in [0.2, 0.25) is 0 Å². The van der Waals surface area contributed by atoms with Crippen molar-refractivity contribution in [1.82, 2.24) is 5.16 Å². The van der Waals surface area contributed by atoms with E-state index in [-0.39, 0.29) is 18.4 Å². The minimum atomic E-state index is -0.0255. The molecule has 0 fully saturated rings. The Bertz CT molecular complexity index is 197. The highest BCUT2D eigenvalue weighted by Crippen LogP contribution is 2.07. The second-order valence-electron chi connectivity index (χ2n) is 2.15. The molecule has 58 valence electrons. The van der Waals surface area contributed by atoms with Crippen molar-refractivity contribution in [3.8, 4) is 0 Å². The van der Waals surface area contributed by atoms with Gasteiger partial charge in [-0.3, -0.25) is 0 Å². The molecule has 0 saturated heterocycles. The van der Waals surface area contributed by atoms with E-state index in [1.807, 2.05) is 19.9 Å². The van der Waals surface area contributed by atoms with Gasteiger partial charge in [0, 0.05) is 12.1 Å². The Morgan fingerprint density at radius 3 is 2.50 bits per heavy atom. The molecule has 0 aliphatic rings. The molecule has 0 bridgehead atoms. The Morgan fingerprint density at radius 2 is 2.30 bits per heavy atom. The topological polar surface area (TPSA) is 52.0 Å². The molecule has 3 nitrogen and oxygen atoms in total. The van der Waals surface area contributed by atoms with Crippen LogP contribution in [-0.2, 0) is 0 Å². The highest BCUT2D eigenvalue weighted by atomic mass is 35.5. The summed E-state index contributed by atoms with van der Waals surface area (Å²) in [7, 11) is 0. The van der Waals surface area contributed by atoms with Crippen molar-refractivity contribution in [2.24, 2.45) is 5.73 Å². The standard InChI is InChI=1S/C6H10N2O.ClH/c1-4-3-6(5(2)7)8-9-4;/h3,5H,7H2,1-2H3;1H/t5-;/m1./s1. The van der Waals surface area contributed by atoms with E-state index in [0.717, 1.165) is 11.5 Å². The van der Waals surface area contributed by atoms with Crippen molar-refractivity contribution in [1.29, 1.82) is 0 Å². The van der Waals surface area contributed by atoms with Crippen LogP contribution >= 0.6 is 12.4 Å². The molecular weight excluding hydrogens is 152 g/mol. The number of nitrogens with two attached hydrogens (primary N) is 1. The third kappa shape index (κ3) is 2.01. The van der Waals surface area contributed by atoms with Crippen molar-refractivity contribution >= 4 is 12.4 Å². The fourth-order valence-corrected chi connectivity index (χ4v) is 0.600. The summed E-state index contributed by atoms with van der Waals surface area (Å²) in [4.78, 5) is 0. The van der Waals surface area contributed by atoms with Gasteiger partial charge >= 0.3 is 0 Å². The second kappa shape index (κ2) is 3.58. The zero-order valence-corrected chi connectivity index (χ0v) is 6.81. The van der Waals surface area contributed by atoms with E-state index in [1.54, 1.807) is 0 Å². The maximum Gasteiger partial charge on any atom is 0.133 e. The molecule has 1 atom stereocenters. The first-order valence-electron chi connectivity index (χ1n) is 2.89. The predicted molar refractivity (Wildman–Crippen MR) is 41.1 cm³/mol. The quantitative estimate of drug-likeness (QED) is 0.680. The Balaban J connectivity index is 0.000000810. The average Bonchev–Trinajstić information content (AvgIpc) is 2.14. The van der Waals surface area contributed by atoms with Crippen LogP contribution in [0.25, 0.3) is 0 Å². The van der Waals surface area contributed by atoms with Gasteiger partial charge in [-0.05, 0) is 13.8 Å². The van der Waals surface area contributed by atoms with Crippen molar-refractivity contribution in [3.05, 3.63) is 17.5 Å². The summed E-state index contributed by atoms with van der Waals surface area (Å²) >= 11 is 0. The number of halogens is 1. The molecule has 0 saturated carbocycles. The Hall–Kier alpha value is -0.540. The summed E-state index contributed by atoms with van der Waals surface area (Å²) in [6.07, 6.45) is 0. The van der Waals surface area contributed by atoms with Crippen molar-refractivity contribution < 1.29 is 4.52 Å². The van der Waals surface area contributed by atoms with E-state index in [2.05, 4.69) is 5.16 Å². The first-order chi connectivity index (χ1) is 4.20. The molecule has 4 heteroatoms. The summed E-state index contributed by atoms with van der Waals surface area (Å²) in [6.45, 7) is 3.72. The second-order valence-corrected chi connectivity index (χ2v) is 2.15. The SMILES string of the molecule is Cc1cc([C@@H](C)N)no1.Cl. The monoisotopic (exact) mass is 162 g/mol. The number of rotatable bonds is 1. The lowest BCUT2D eigenvalue weighted by Gasteiger charge is -1.93. The summed E-state index contributed by atoms with van der Waals surface area (Å²) in [6, 6.07) is 1.81. The van der Waals surface area contributed by atoms with Gasteiger partial charge in [-0.2, -0.15) is 0 Å². The van der Waals surface area contributed by atoms with E-state index in [9.17, 15) is 0 Å². The summed E-state index contributed by atoms with van der Waals surface area (Å²) in [5, 5.41) is 3.72. The maximum atomic E-state index is 5.50. The molecule has 1 rings (SSSR count). The molecule has 0 amide bonds. The van der Waals surface area contributed by atoms with E-state index in [0.29, 0.717) is 0 Å². The average molecular weight is 163 g/mol. The maximum absolute atomic E-state index is 5.50. The number of hydrogen-bond acceptors (Lipinski definition) is 3. The van der Waals surface area contributed by atoms with Gasteiger partial charge in [-0.25, -0.2) is 0 Å². The predicted octanol–water partition coefficient (Wildman–Crippen LogP) is 1.42. The smallest absolute Gasteiger partial charge is 0.133 e. The minimum absolute atomic E-state index is 0. The van der Waals surface area contributed by atoms with Crippen LogP contribution in [0.3, 0.4) is 0 Å². The lowest BCUT2D eigenvalue weighted by Crippen LogP contribution is -2.04. The van der Waals surface area contributed by atoms with Gasteiger partial charge in [0.15, 0.2) is 0 Å². The van der Waals surface area contributed by atoms with E-state index >= 15 is 0 Å². The van der Waals surface area contributed by atoms with Gasteiger partial charge < -0.3 is 10.3 Å². The van der Waals surface area contributed by atoms with Crippen LogP contribution in [0.5, 0.6) is 0 Å². The van der Waals surface area contributed by atoms with E-state index in [4.69, 9.17) is 10.3 Å². The molecule has 10 heavy (non-hydrogen) atoms. The molecule has 1 aromatic rings. The molecular formula is C6H11ClN2O. The molecule has 1 heterocycles.